The molecular formula is C41H82. The van der Waals surface area contributed by atoms with Gasteiger partial charge in [-0.25, -0.2) is 0 Å². The van der Waals surface area contributed by atoms with E-state index in [1.165, 1.54) is 44.9 Å². The van der Waals surface area contributed by atoms with Crippen LogP contribution in [0, 0.1) is 86.8 Å². The number of unbranched alkanes of at least 4 members (excludes halogenated alkanes) is 2. The Balaban J connectivity index is 3.50. The topological polar surface area (TPSA) is 0 Å². The molecule has 0 saturated heterocycles. The van der Waals surface area contributed by atoms with Gasteiger partial charge in [-0.3, -0.25) is 0 Å². The van der Waals surface area contributed by atoms with Crippen molar-refractivity contribution in [2.75, 3.05) is 0 Å². The second-order valence-corrected chi connectivity index (χ2v) is 17.9. The monoisotopic (exact) mass is 575 g/mol. The molecule has 0 aliphatic heterocycles. The lowest BCUT2D eigenvalue weighted by molar-refractivity contribution is -0.280. The maximum Gasteiger partial charge on any atom is -0.0207 e. The summed E-state index contributed by atoms with van der Waals surface area (Å²) in [7, 11) is 0. The van der Waals surface area contributed by atoms with Gasteiger partial charge in [-0.05, 0) is 93.2 Å². The van der Waals surface area contributed by atoms with E-state index in [0.29, 0.717) is 34.0 Å². The van der Waals surface area contributed by atoms with E-state index in [0.717, 1.165) is 47.3 Å². The van der Waals surface area contributed by atoms with Gasteiger partial charge in [-0.15, -0.1) is 0 Å². The average molecular weight is 575 g/mol. The molecule has 0 spiro atoms. The summed E-state index contributed by atoms with van der Waals surface area (Å²) < 4.78 is 0. The average Bonchev–Trinajstić information content (AvgIpc) is 2.93. The van der Waals surface area contributed by atoms with Gasteiger partial charge in [-0.2, -0.15) is 0 Å². The van der Waals surface area contributed by atoms with E-state index in [1.807, 2.05) is 0 Å². The van der Waals surface area contributed by atoms with Crippen LogP contribution in [0.25, 0.3) is 0 Å². The maximum atomic E-state index is 2.77. The van der Waals surface area contributed by atoms with Gasteiger partial charge in [-0.1, -0.05) is 170 Å². The Kier molecular flexibility index (Phi) is 14.1. The van der Waals surface area contributed by atoms with Gasteiger partial charge in [0.1, 0.15) is 0 Å². The van der Waals surface area contributed by atoms with Crippen LogP contribution in [0.15, 0.2) is 0 Å². The maximum absolute atomic E-state index is 2.77. The zero-order valence-electron chi connectivity index (χ0n) is 32.3. The van der Waals surface area contributed by atoms with Gasteiger partial charge >= 0.3 is 0 Å². The molecule has 12 unspecified atom stereocenters. The standard InChI is InChI=1S/C41H82/c1-20-23-24-26-29(7)38(14,15)39(16,17)34(12)35(13)41(19)36(25-21-2)37(40(41,18)27(4)5)33(11)32(10)31(9)30(8)28(6)22-3/h27-37H,20-26H2,1-19H3. The summed E-state index contributed by atoms with van der Waals surface area (Å²) in [4.78, 5) is 0. The summed E-state index contributed by atoms with van der Waals surface area (Å²) in [6, 6.07) is 0. The zero-order chi connectivity index (χ0) is 32.3. The highest BCUT2D eigenvalue weighted by Crippen LogP contribution is 2.76. The Morgan fingerprint density at radius 1 is 0.634 bits per heavy atom. The number of hydrogen-bond donors (Lipinski definition) is 0. The summed E-state index contributed by atoms with van der Waals surface area (Å²) in [6.07, 6.45) is 9.46. The first-order chi connectivity index (χ1) is 18.7. The van der Waals surface area contributed by atoms with Crippen molar-refractivity contribution in [2.45, 2.75) is 176 Å². The fraction of sp³-hybridized carbons (Fsp3) is 1.00. The van der Waals surface area contributed by atoms with Gasteiger partial charge < -0.3 is 0 Å². The Morgan fingerprint density at radius 3 is 1.61 bits per heavy atom. The van der Waals surface area contributed by atoms with Crippen LogP contribution in [-0.4, -0.2) is 0 Å². The van der Waals surface area contributed by atoms with Crippen molar-refractivity contribution in [1.82, 2.24) is 0 Å². The summed E-state index contributed by atoms with van der Waals surface area (Å²) in [6.45, 7) is 49.0. The molecule has 1 aliphatic carbocycles. The first kappa shape index (κ1) is 39.0. The molecule has 1 aliphatic rings. The molecule has 1 fully saturated rings. The molecule has 0 amide bonds. The van der Waals surface area contributed by atoms with Gasteiger partial charge in [0, 0.05) is 0 Å². The van der Waals surface area contributed by atoms with Crippen LogP contribution in [0.5, 0.6) is 0 Å². The molecular weight excluding hydrogens is 492 g/mol. The predicted octanol–water partition coefficient (Wildman–Crippen LogP) is 13.8. The third-order valence-electron chi connectivity index (χ3n) is 16.4. The van der Waals surface area contributed by atoms with Crippen LogP contribution in [0.3, 0.4) is 0 Å². The lowest BCUT2D eigenvalue weighted by Gasteiger charge is -2.75. The minimum atomic E-state index is 0.278. The highest BCUT2D eigenvalue weighted by atomic mass is 14.7. The van der Waals surface area contributed by atoms with Crippen molar-refractivity contribution in [3.63, 3.8) is 0 Å². The van der Waals surface area contributed by atoms with E-state index in [1.54, 1.807) is 0 Å². The Hall–Kier alpha value is 0. The molecule has 1 rings (SSSR count). The Bertz CT molecular complexity index is 758. The van der Waals surface area contributed by atoms with E-state index in [9.17, 15) is 0 Å². The van der Waals surface area contributed by atoms with Crippen molar-refractivity contribution in [3.05, 3.63) is 0 Å². The molecule has 1 saturated carbocycles. The fourth-order valence-corrected chi connectivity index (χ4v) is 10.6. The van der Waals surface area contributed by atoms with Gasteiger partial charge in [0.15, 0.2) is 0 Å². The Labute approximate surface area is 262 Å². The normalized spacial score (nSPS) is 31.6. The summed E-state index contributed by atoms with van der Waals surface area (Å²) in [5, 5.41) is 0. The fourth-order valence-electron chi connectivity index (χ4n) is 10.6. The minimum Gasteiger partial charge on any atom is -0.0654 e. The zero-order valence-corrected chi connectivity index (χ0v) is 32.3. The summed E-state index contributed by atoms with van der Waals surface area (Å²) in [5.74, 6) is 8.35. The largest absolute Gasteiger partial charge is 0.0654 e. The van der Waals surface area contributed by atoms with Crippen molar-refractivity contribution in [3.8, 4) is 0 Å². The van der Waals surface area contributed by atoms with Crippen LogP contribution in [0.2, 0.25) is 0 Å². The molecule has 12 atom stereocenters. The van der Waals surface area contributed by atoms with Crippen molar-refractivity contribution >= 4 is 0 Å². The third-order valence-corrected chi connectivity index (χ3v) is 16.4. The first-order valence-corrected chi connectivity index (χ1v) is 18.7. The van der Waals surface area contributed by atoms with Crippen molar-refractivity contribution < 1.29 is 0 Å². The van der Waals surface area contributed by atoms with E-state index >= 15 is 0 Å². The predicted molar refractivity (Wildman–Crippen MR) is 188 cm³/mol. The van der Waals surface area contributed by atoms with Crippen LogP contribution in [-0.2, 0) is 0 Å². The molecule has 0 nitrogen and oxygen atoms in total. The van der Waals surface area contributed by atoms with Crippen LogP contribution < -0.4 is 0 Å². The van der Waals surface area contributed by atoms with Crippen LogP contribution in [0.4, 0.5) is 0 Å². The Morgan fingerprint density at radius 2 is 1.17 bits per heavy atom. The molecule has 0 heteroatoms. The van der Waals surface area contributed by atoms with Crippen LogP contribution >= 0.6 is 0 Å². The molecule has 41 heavy (non-hydrogen) atoms. The van der Waals surface area contributed by atoms with Gasteiger partial charge in [0.2, 0.25) is 0 Å². The quantitative estimate of drug-likeness (QED) is 0.143. The molecule has 0 bridgehead atoms. The smallest absolute Gasteiger partial charge is 0.0207 e. The van der Waals surface area contributed by atoms with Gasteiger partial charge in [0.25, 0.3) is 0 Å². The summed E-state index contributed by atoms with van der Waals surface area (Å²) >= 11 is 0. The second-order valence-electron chi connectivity index (χ2n) is 17.9. The SMILES string of the molecule is CCCCCC(C)C(C)(C)C(C)(C)C(C)C(C)C1(C)C(CCC)C(C(C)C(C)C(C)C(C)C(C)CC)C1(C)C(C)C. The second kappa shape index (κ2) is 14.9. The molecule has 0 heterocycles. The lowest BCUT2D eigenvalue weighted by Crippen LogP contribution is -2.70. The number of rotatable bonds is 18. The highest BCUT2D eigenvalue weighted by Gasteiger charge is 2.71. The summed E-state index contributed by atoms with van der Waals surface area (Å²) in [5.41, 5.74) is 1.31. The van der Waals surface area contributed by atoms with E-state index in [4.69, 9.17) is 0 Å². The van der Waals surface area contributed by atoms with Crippen molar-refractivity contribution in [1.29, 1.82) is 0 Å². The highest BCUT2D eigenvalue weighted by molar-refractivity contribution is 5.18. The molecule has 246 valence electrons. The third kappa shape index (κ3) is 6.82. The molecule has 0 N–H and O–H groups in total. The minimum absolute atomic E-state index is 0.278. The van der Waals surface area contributed by atoms with E-state index in [2.05, 4.69) is 132 Å². The molecule has 0 aromatic rings. The lowest BCUT2D eigenvalue weighted by atomic mass is 9.29. The van der Waals surface area contributed by atoms with E-state index in [-0.39, 0.29) is 5.41 Å². The molecule has 0 radical (unpaired) electrons. The van der Waals surface area contributed by atoms with Crippen LogP contribution in [0.1, 0.15) is 176 Å². The van der Waals surface area contributed by atoms with E-state index < -0.39 is 0 Å². The molecule has 0 aromatic carbocycles. The molecule has 0 aromatic heterocycles. The van der Waals surface area contributed by atoms with Crippen molar-refractivity contribution in [2.24, 2.45) is 86.8 Å². The first-order valence-electron chi connectivity index (χ1n) is 18.7. The van der Waals surface area contributed by atoms with Gasteiger partial charge in [0.05, 0.1) is 0 Å². The number of hydrogen-bond acceptors (Lipinski definition) is 0.